The van der Waals surface area contributed by atoms with Gasteiger partial charge in [-0.2, -0.15) is 0 Å². The predicted molar refractivity (Wildman–Crippen MR) is 219 cm³/mol. The van der Waals surface area contributed by atoms with Crippen LogP contribution in [0.5, 0.6) is 0 Å². The molecule has 0 fully saturated rings. The van der Waals surface area contributed by atoms with Gasteiger partial charge < -0.3 is 24.3 Å². The molecule has 0 spiro atoms. The summed E-state index contributed by atoms with van der Waals surface area (Å²) in [6.07, 6.45) is 35.1. The molecule has 0 radical (unpaired) electrons. The molecule has 0 aromatic rings. The Morgan fingerprint density at radius 1 is 0.462 bits per heavy atom. The summed E-state index contributed by atoms with van der Waals surface area (Å²) >= 11 is 0. The Balaban J connectivity index is 4.29. The molecule has 310 valence electrons. The number of carbonyl (C=O) groups is 2. The lowest BCUT2D eigenvalue weighted by Gasteiger charge is -2.22. The highest BCUT2D eigenvalue weighted by molar-refractivity contribution is 5.69. The lowest BCUT2D eigenvalue weighted by atomic mass is 10.1. The highest BCUT2D eigenvalue weighted by atomic mass is 16.7. The van der Waals surface area contributed by atoms with Crippen molar-refractivity contribution in [1.29, 1.82) is 0 Å². The fourth-order valence-corrected chi connectivity index (χ4v) is 6.54. The number of unbranched alkanes of at least 4 members (excludes halogenated alkanes) is 23. The third kappa shape index (κ3) is 38.3. The van der Waals surface area contributed by atoms with E-state index in [1.165, 1.54) is 109 Å². The number of amides is 1. The third-order valence-corrected chi connectivity index (χ3v) is 9.98. The van der Waals surface area contributed by atoms with Crippen molar-refractivity contribution >= 4 is 12.1 Å². The summed E-state index contributed by atoms with van der Waals surface area (Å²) in [6, 6.07) is 0. The highest BCUT2D eigenvalue weighted by Crippen LogP contribution is 2.15. The van der Waals surface area contributed by atoms with E-state index in [0.717, 1.165) is 110 Å². The number of hydrogen-bond donors (Lipinski definition) is 1. The SMILES string of the molecule is CCCCCCCCCOC(=O)CCCCCCCN(CCCCCCC(OCCCCCCCC)OCCCCCCCC)CCOC(=O)NC. The van der Waals surface area contributed by atoms with Crippen LogP contribution in [0.1, 0.15) is 213 Å². The summed E-state index contributed by atoms with van der Waals surface area (Å²) in [5.41, 5.74) is 0. The van der Waals surface area contributed by atoms with Gasteiger partial charge in [0.05, 0.1) is 6.61 Å². The highest BCUT2D eigenvalue weighted by Gasteiger charge is 2.11. The Labute approximate surface area is 323 Å². The van der Waals surface area contributed by atoms with Crippen LogP contribution in [0.3, 0.4) is 0 Å². The van der Waals surface area contributed by atoms with Crippen LogP contribution in [0, 0.1) is 0 Å². The van der Waals surface area contributed by atoms with Gasteiger partial charge in [-0.05, 0) is 64.5 Å². The molecule has 0 aliphatic carbocycles. The molecule has 52 heavy (non-hydrogen) atoms. The van der Waals surface area contributed by atoms with E-state index in [4.69, 9.17) is 18.9 Å². The lowest BCUT2D eigenvalue weighted by Crippen LogP contribution is -2.31. The maximum absolute atomic E-state index is 12.1. The second-order valence-electron chi connectivity index (χ2n) is 15.0. The van der Waals surface area contributed by atoms with Gasteiger partial charge in [0.1, 0.15) is 6.61 Å². The molecule has 0 bridgehead atoms. The summed E-state index contributed by atoms with van der Waals surface area (Å²) in [7, 11) is 1.60. The Morgan fingerprint density at radius 2 is 0.885 bits per heavy atom. The number of rotatable bonds is 42. The second kappa shape index (κ2) is 42.4. The molecule has 8 heteroatoms. The van der Waals surface area contributed by atoms with Gasteiger partial charge in [-0.25, -0.2) is 4.79 Å². The average Bonchev–Trinajstić information content (AvgIpc) is 3.15. The molecule has 0 saturated heterocycles. The molecule has 0 rings (SSSR count). The standard InChI is InChI=1S/C44H88N2O6/c1-5-8-11-14-17-25-30-38-49-42(47)33-26-19-18-21-28-35-46(37-41-52-44(48)45-4)36-29-22-20-27-34-43(50-39-31-23-15-12-9-6-2)51-40-32-24-16-13-10-7-3/h43H,5-41H2,1-4H3,(H,45,48). The van der Waals surface area contributed by atoms with E-state index in [1.807, 2.05) is 0 Å². The topological polar surface area (TPSA) is 86.3 Å². The molecular formula is C44H88N2O6. The van der Waals surface area contributed by atoms with E-state index in [2.05, 4.69) is 31.0 Å². The van der Waals surface area contributed by atoms with Gasteiger partial charge in [0, 0.05) is 33.2 Å². The average molecular weight is 741 g/mol. The van der Waals surface area contributed by atoms with Crippen LogP contribution in [0.4, 0.5) is 4.79 Å². The lowest BCUT2D eigenvalue weighted by molar-refractivity contribution is -0.148. The molecule has 0 unspecified atom stereocenters. The molecule has 0 aliphatic heterocycles. The first-order chi connectivity index (χ1) is 25.6. The number of esters is 1. The third-order valence-electron chi connectivity index (χ3n) is 9.98. The van der Waals surface area contributed by atoms with Crippen LogP contribution in [0.2, 0.25) is 0 Å². The first-order valence-electron chi connectivity index (χ1n) is 22.5. The fraction of sp³-hybridized carbons (Fsp3) is 0.955. The maximum atomic E-state index is 12.1. The summed E-state index contributed by atoms with van der Waals surface area (Å²) in [5, 5.41) is 2.54. The van der Waals surface area contributed by atoms with Gasteiger partial charge in [0.15, 0.2) is 6.29 Å². The van der Waals surface area contributed by atoms with Crippen molar-refractivity contribution in [3.05, 3.63) is 0 Å². The van der Waals surface area contributed by atoms with Crippen molar-refractivity contribution in [2.24, 2.45) is 0 Å². The minimum absolute atomic E-state index is 0.0369. The summed E-state index contributed by atoms with van der Waals surface area (Å²) < 4.78 is 23.2. The normalized spacial score (nSPS) is 11.5. The van der Waals surface area contributed by atoms with E-state index in [9.17, 15) is 9.59 Å². The summed E-state index contributed by atoms with van der Waals surface area (Å²) in [6.45, 7) is 12.2. The van der Waals surface area contributed by atoms with Crippen LogP contribution in [0.25, 0.3) is 0 Å². The number of ether oxygens (including phenoxy) is 4. The van der Waals surface area contributed by atoms with Gasteiger partial charge in [0.2, 0.25) is 0 Å². The zero-order chi connectivity index (χ0) is 38.0. The van der Waals surface area contributed by atoms with Crippen molar-refractivity contribution in [2.75, 3.05) is 53.1 Å². The molecule has 0 atom stereocenters. The van der Waals surface area contributed by atoms with Gasteiger partial charge >= 0.3 is 12.1 Å². The van der Waals surface area contributed by atoms with Gasteiger partial charge in [-0.1, -0.05) is 156 Å². The summed E-state index contributed by atoms with van der Waals surface area (Å²) in [5.74, 6) is -0.0369. The fourth-order valence-electron chi connectivity index (χ4n) is 6.54. The van der Waals surface area contributed by atoms with Crippen molar-refractivity contribution in [1.82, 2.24) is 10.2 Å². The monoisotopic (exact) mass is 741 g/mol. The van der Waals surface area contributed by atoms with E-state index in [1.54, 1.807) is 7.05 Å². The smallest absolute Gasteiger partial charge is 0.406 e. The molecule has 0 saturated carbocycles. The molecule has 1 N–H and O–H groups in total. The van der Waals surface area contributed by atoms with Crippen LogP contribution < -0.4 is 5.32 Å². The molecule has 0 aliphatic rings. The number of carbonyl (C=O) groups excluding carboxylic acids is 2. The Morgan fingerprint density at radius 3 is 1.38 bits per heavy atom. The maximum Gasteiger partial charge on any atom is 0.406 e. The number of hydrogen-bond acceptors (Lipinski definition) is 7. The zero-order valence-electron chi connectivity index (χ0n) is 35.1. The molecule has 8 nitrogen and oxygen atoms in total. The minimum atomic E-state index is -0.368. The molecule has 1 amide bonds. The van der Waals surface area contributed by atoms with Crippen molar-refractivity contribution in [3.8, 4) is 0 Å². The number of nitrogens with zero attached hydrogens (tertiary/aromatic N) is 1. The summed E-state index contributed by atoms with van der Waals surface area (Å²) in [4.78, 5) is 26.1. The Bertz CT molecular complexity index is 722. The molecular weight excluding hydrogens is 652 g/mol. The molecule has 0 heterocycles. The molecule has 0 aromatic heterocycles. The van der Waals surface area contributed by atoms with E-state index in [0.29, 0.717) is 19.6 Å². The first-order valence-corrected chi connectivity index (χ1v) is 22.5. The zero-order valence-corrected chi connectivity index (χ0v) is 35.1. The molecule has 0 aromatic carbocycles. The van der Waals surface area contributed by atoms with Crippen molar-refractivity contribution in [3.63, 3.8) is 0 Å². The van der Waals surface area contributed by atoms with Crippen LogP contribution >= 0.6 is 0 Å². The van der Waals surface area contributed by atoms with Crippen molar-refractivity contribution < 1.29 is 28.5 Å². The number of nitrogens with one attached hydrogen (secondary N) is 1. The second-order valence-corrected chi connectivity index (χ2v) is 15.0. The number of alkyl carbamates (subject to hydrolysis) is 1. The van der Waals surface area contributed by atoms with Gasteiger partial charge in [-0.15, -0.1) is 0 Å². The van der Waals surface area contributed by atoms with Crippen LogP contribution in [-0.2, 0) is 23.7 Å². The van der Waals surface area contributed by atoms with E-state index in [-0.39, 0.29) is 18.4 Å². The first kappa shape index (κ1) is 50.6. The Hall–Kier alpha value is -1.38. The predicted octanol–water partition coefficient (Wildman–Crippen LogP) is 12.3. The van der Waals surface area contributed by atoms with E-state index < -0.39 is 0 Å². The van der Waals surface area contributed by atoms with E-state index >= 15 is 0 Å². The van der Waals surface area contributed by atoms with Gasteiger partial charge in [-0.3, -0.25) is 9.69 Å². The van der Waals surface area contributed by atoms with Crippen LogP contribution in [-0.4, -0.2) is 76.4 Å². The minimum Gasteiger partial charge on any atom is -0.466 e. The van der Waals surface area contributed by atoms with Gasteiger partial charge in [0.25, 0.3) is 0 Å². The largest absolute Gasteiger partial charge is 0.466 e. The van der Waals surface area contributed by atoms with Crippen LogP contribution in [0.15, 0.2) is 0 Å². The van der Waals surface area contributed by atoms with Crippen molar-refractivity contribution in [2.45, 2.75) is 220 Å². The quantitative estimate of drug-likeness (QED) is 0.0379. The Kier molecular flexibility index (Phi) is 41.2.